The maximum atomic E-state index is 13.7. The Bertz CT molecular complexity index is 1250. The van der Waals surface area contributed by atoms with E-state index in [1.165, 1.54) is 32.1 Å². The smallest absolute Gasteiger partial charge is 0.320 e. The summed E-state index contributed by atoms with van der Waals surface area (Å²) in [6.45, 7) is 11.0. The number of para-hydroxylation sites is 2. The Hall–Kier alpha value is -3.28. The Balaban J connectivity index is 1.56. The van der Waals surface area contributed by atoms with Crippen molar-refractivity contribution in [2.45, 2.75) is 96.9 Å². The molecule has 0 radical (unpaired) electrons. The zero-order valence-corrected chi connectivity index (χ0v) is 24.3. The van der Waals surface area contributed by atoms with Crippen molar-refractivity contribution in [3.05, 3.63) is 65.4 Å². The molecule has 1 heterocycles. The lowest BCUT2D eigenvalue weighted by Crippen LogP contribution is -2.59. The lowest BCUT2D eigenvalue weighted by Gasteiger charge is -2.31. The van der Waals surface area contributed by atoms with Crippen molar-refractivity contribution in [2.75, 3.05) is 11.9 Å². The largest absolute Gasteiger partial charge is 0.361 e. The van der Waals surface area contributed by atoms with Gasteiger partial charge in [0.1, 0.15) is 5.54 Å². The molecule has 3 amide bonds. The van der Waals surface area contributed by atoms with E-state index in [1.54, 1.807) is 0 Å². The van der Waals surface area contributed by atoms with Gasteiger partial charge in [0.25, 0.3) is 0 Å². The highest BCUT2D eigenvalue weighted by atomic mass is 16.2. The number of fused-ring (bicyclic) bond motifs is 1. The zero-order valence-electron chi connectivity index (χ0n) is 24.3. The second kappa shape index (κ2) is 12.7. The van der Waals surface area contributed by atoms with Gasteiger partial charge in [-0.3, -0.25) is 4.79 Å². The molecule has 1 unspecified atom stereocenters. The predicted molar refractivity (Wildman–Crippen MR) is 161 cm³/mol. The van der Waals surface area contributed by atoms with Crippen LogP contribution in [0.15, 0.2) is 48.7 Å². The predicted octanol–water partition coefficient (Wildman–Crippen LogP) is 7.62. The molecule has 1 aliphatic rings. The lowest BCUT2D eigenvalue weighted by molar-refractivity contribution is -0.126. The second-order valence-corrected chi connectivity index (χ2v) is 12.1. The van der Waals surface area contributed by atoms with Gasteiger partial charge in [-0.2, -0.15) is 0 Å². The molecule has 39 heavy (non-hydrogen) atoms. The summed E-state index contributed by atoms with van der Waals surface area (Å²) in [5, 5.41) is 10.5. The van der Waals surface area contributed by atoms with Crippen LogP contribution in [-0.2, 0) is 11.2 Å². The molecule has 1 atom stereocenters. The molecule has 1 saturated carbocycles. The number of amides is 3. The molecule has 1 aromatic heterocycles. The van der Waals surface area contributed by atoms with Crippen molar-refractivity contribution in [2.24, 2.45) is 5.92 Å². The molecule has 1 aliphatic carbocycles. The Morgan fingerprint density at radius 2 is 1.62 bits per heavy atom. The van der Waals surface area contributed by atoms with E-state index in [2.05, 4.69) is 72.9 Å². The number of nitrogens with one attached hydrogen (secondary N) is 4. The summed E-state index contributed by atoms with van der Waals surface area (Å²) in [7, 11) is 0. The summed E-state index contributed by atoms with van der Waals surface area (Å²) < 4.78 is 0. The summed E-state index contributed by atoms with van der Waals surface area (Å²) >= 11 is 0. The molecule has 0 spiro atoms. The van der Waals surface area contributed by atoms with Crippen molar-refractivity contribution in [1.29, 1.82) is 0 Å². The highest BCUT2D eigenvalue weighted by Crippen LogP contribution is 2.33. The molecule has 1 fully saturated rings. The molecule has 3 aromatic rings. The van der Waals surface area contributed by atoms with Crippen molar-refractivity contribution >= 4 is 28.5 Å². The molecule has 0 aliphatic heterocycles. The molecule has 6 nitrogen and oxygen atoms in total. The van der Waals surface area contributed by atoms with Crippen LogP contribution < -0.4 is 16.0 Å². The standard InChI is InChI=1S/C33H46N4O2/c1-22(2)26-15-11-16-27(23(3)4)30(26)36-32(39)37-33(5,20-25-21-35-29-17-10-9-14-28(25)29)31(38)34-19-18-24-12-7-6-8-13-24/h9-11,14-17,21-24,35H,6-8,12-13,18-20H2,1-5H3,(H,34,38)(H2,36,37,39). The minimum Gasteiger partial charge on any atom is -0.361 e. The average molecular weight is 531 g/mol. The third kappa shape index (κ3) is 7.03. The van der Waals surface area contributed by atoms with Gasteiger partial charge in [0.15, 0.2) is 0 Å². The topological polar surface area (TPSA) is 86.0 Å². The molecule has 2 aromatic carbocycles. The molecular formula is C33H46N4O2. The number of carbonyl (C=O) groups is 2. The molecular weight excluding hydrogens is 484 g/mol. The van der Waals surface area contributed by atoms with Gasteiger partial charge in [0.2, 0.25) is 5.91 Å². The number of hydrogen-bond donors (Lipinski definition) is 4. The van der Waals surface area contributed by atoms with Crippen molar-refractivity contribution < 1.29 is 9.59 Å². The number of urea groups is 1. The number of carbonyl (C=O) groups excluding carboxylic acids is 2. The maximum Gasteiger partial charge on any atom is 0.320 e. The number of benzene rings is 2. The lowest BCUT2D eigenvalue weighted by atomic mass is 9.87. The quantitative estimate of drug-likeness (QED) is 0.217. The van der Waals surface area contributed by atoms with Crippen LogP contribution >= 0.6 is 0 Å². The second-order valence-electron chi connectivity index (χ2n) is 12.1. The highest BCUT2D eigenvalue weighted by molar-refractivity contribution is 5.97. The first-order valence-electron chi connectivity index (χ1n) is 14.7. The minimum atomic E-state index is -1.13. The maximum absolute atomic E-state index is 13.7. The van der Waals surface area contributed by atoms with E-state index in [9.17, 15) is 9.59 Å². The van der Waals surface area contributed by atoms with Gasteiger partial charge in [0, 0.05) is 35.8 Å². The van der Waals surface area contributed by atoms with Crippen LogP contribution in [0, 0.1) is 5.92 Å². The molecule has 4 N–H and O–H groups in total. The molecule has 210 valence electrons. The van der Waals surface area contributed by atoms with Crippen LogP contribution in [0.2, 0.25) is 0 Å². The fraction of sp³-hybridized carbons (Fsp3) is 0.515. The normalized spacial score (nSPS) is 15.9. The van der Waals surface area contributed by atoms with Gasteiger partial charge in [0.05, 0.1) is 0 Å². The van der Waals surface area contributed by atoms with Gasteiger partial charge >= 0.3 is 6.03 Å². The van der Waals surface area contributed by atoms with Gasteiger partial charge in [-0.1, -0.05) is 96.2 Å². The summed E-state index contributed by atoms with van der Waals surface area (Å²) in [4.78, 5) is 30.6. The van der Waals surface area contributed by atoms with E-state index < -0.39 is 5.54 Å². The molecule has 0 bridgehead atoms. The third-order valence-electron chi connectivity index (χ3n) is 8.28. The van der Waals surface area contributed by atoms with E-state index in [-0.39, 0.29) is 23.8 Å². The molecule has 4 rings (SSSR count). The van der Waals surface area contributed by atoms with Gasteiger partial charge in [-0.25, -0.2) is 4.79 Å². The van der Waals surface area contributed by atoms with E-state index >= 15 is 0 Å². The van der Waals surface area contributed by atoms with Crippen LogP contribution in [0.1, 0.15) is 102 Å². The van der Waals surface area contributed by atoms with Crippen LogP contribution in [0.4, 0.5) is 10.5 Å². The van der Waals surface area contributed by atoms with Gasteiger partial charge in [-0.15, -0.1) is 0 Å². The fourth-order valence-corrected chi connectivity index (χ4v) is 5.99. The number of aromatic amines is 1. The first-order chi connectivity index (χ1) is 18.7. The number of H-pyrrole nitrogens is 1. The number of aromatic nitrogens is 1. The van der Waals surface area contributed by atoms with Crippen LogP contribution in [0.3, 0.4) is 0 Å². The summed E-state index contributed by atoms with van der Waals surface area (Å²) in [6.07, 6.45) is 9.70. The molecule has 0 saturated heterocycles. The minimum absolute atomic E-state index is 0.153. The van der Waals surface area contributed by atoms with Crippen molar-refractivity contribution in [1.82, 2.24) is 15.6 Å². The Labute approximate surface area is 233 Å². The van der Waals surface area contributed by atoms with E-state index in [0.717, 1.165) is 39.7 Å². The number of anilines is 1. The van der Waals surface area contributed by atoms with E-state index in [1.807, 2.05) is 31.3 Å². The summed E-state index contributed by atoms with van der Waals surface area (Å²) in [5.41, 5.74) is 3.91. The van der Waals surface area contributed by atoms with Gasteiger partial charge < -0.3 is 20.9 Å². The fourth-order valence-electron chi connectivity index (χ4n) is 5.99. The van der Waals surface area contributed by atoms with E-state index in [0.29, 0.717) is 18.9 Å². The average Bonchev–Trinajstić information content (AvgIpc) is 3.31. The zero-order chi connectivity index (χ0) is 28.0. The summed E-state index contributed by atoms with van der Waals surface area (Å²) in [6, 6.07) is 13.9. The monoisotopic (exact) mass is 530 g/mol. The molecule has 6 heteroatoms. The Kier molecular flexibility index (Phi) is 9.36. The Morgan fingerprint density at radius 1 is 0.949 bits per heavy atom. The summed E-state index contributed by atoms with van der Waals surface area (Å²) in [5.74, 6) is 1.02. The van der Waals surface area contributed by atoms with Crippen LogP contribution in [-0.4, -0.2) is 29.0 Å². The first-order valence-corrected chi connectivity index (χ1v) is 14.7. The number of rotatable bonds is 10. The van der Waals surface area contributed by atoms with Crippen molar-refractivity contribution in [3.63, 3.8) is 0 Å². The van der Waals surface area contributed by atoms with Gasteiger partial charge in [-0.05, 0) is 53.9 Å². The van der Waals surface area contributed by atoms with Crippen LogP contribution in [0.5, 0.6) is 0 Å². The van der Waals surface area contributed by atoms with E-state index in [4.69, 9.17) is 0 Å². The van der Waals surface area contributed by atoms with Crippen molar-refractivity contribution in [3.8, 4) is 0 Å². The SMILES string of the molecule is CC(C)c1cccc(C(C)C)c1NC(=O)NC(C)(Cc1c[nH]c2ccccc12)C(=O)NCCC1CCCCC1. The Morgan fingerprint density at radius 3 is 2.28 bits per heavy atom. The first kappa shape index (κ1) is 28.7. The highest BCUT2D eigenvalue weighted by Gasteiger charge is 2.36. The third-order valence-corrected chi connectivity index (χ3v) is 8.28. The number of hydrogen-bond acceptors (Lipinski definition) is 2. The van der Waals surface area contributed by atoms with Crippen LogP contribution in [0.25, 0.3) is 10.9 Å².